The zero-order valence-corrected chi connectivity index (χ0v) is 17.8. The molecule has 0 aliphatic carbocycles. The van der Waals surface area contributed by atoms with Gasteiger partial charge in [-0.15, -0.1) is 0 Å². The normalized spacial score (nSPS) is 14.5. The SMILES string of the molecule is O=C(c1ccccc1Oc1ccccc1)N1CCC(Oc2nc3ccccc3s2)CC1. The van der Waals surface area contributed by atoms with E-state index in [1.165, 1.54) is 0 Å². The molecule has 3 aromatic carbocycles. The number of rotatable bonds is 5. The lowest BCUT2D eigenvalue weighted by molar-refractivity contribution is 0.0593. The zero-order valence-electron chi connectivity index (χ0n) is 16.9. The number of piperidine rings is 1. The second kappa shape index (κ2) is 8.78. The molecule has 1 fully saturated rings. The van der Waals surface area contributed by atoms with Crippen LogP contribution in [-0.2, 0) is 0 Å². The van der Waals surface area contributed by atoms with E-state index in [2.05, 4.69) is 11.1 Å². The summed E-state index contributed by atoms with van der Waals surface area (Å²) in [4.78, 5) is 19.6. The van der Waals surface area contributed by atoms with E-state index < -0.39 is 0 Å². The fraction of sp³-hybridized carbons (Fsp3) is 0.200. The predicted octanol–water partition coefficient (Wildman–Crippen LogP) is 5.77. The van der Waals surface area contributed by atoms with E-state index in [0.717, 1.165) is 23.1 Å². The van der Waals surface area contributed by atoms with E-state index in [-0.39, 0.29) is 12.0 Å². The number of likely N-dealkylation sites (tertiary alicyclic amines) is 1. The summed E-state index contributed by atoms with van der Waals surface area (Å²) in [6.07, 6.45) is 1.63. The molecule has 4 aromatic rings. The van der Waals surface area contributed by atoms with Gasteiger partial charge in [-0.1, -0.05) is 53.8 Å². The Labute approximate surface area is 184 Å². The average molecular weight is 431 g/mol. The molecule has 6 heteroatoms. The number of thiazole rings is 1. The van der Waals surface area contributed by atoms with Crippen molar-refractivity contribution in [2.75, 3.05) is 13.1 Å². The van der Waals surface area contributed by atoms with Crippen molar-refractivity contribution in [2.24, 2.45) is 0 Å². The summed E-state index contributed by atoms with van der Waals surface area (Å²) >= 11 is 1.57. The van der Waals surface area contributed by atoms with Gasteiger partial charge >= 0.3 is 0 Å². The van der Waals surface area contributed by atoms with Crippen LogP contribution in [0.25, 0.3) is 10.2 Å². The van der Waals surface area contributed by atoms with Crippen LogP contribution in [0.5, 0.6) is 16.7 Å². The maximum absolute atomic E-state index is 13.2. The third-order valence-corrected chi connectivity index (χ3v) is 6.29. The quantitative estimate of drug-likeness (QED) is 0.403. The van der Waals surface area contributed by atoms with Crippen molar-refractivity contribution < 1.29 is 14.3 Å². The molecule has 0 unspecified atom stereocenters. The third kappa shape index (κ3) is 4.39. The topological polar surface area (TPSA) is 51.7 Å². The first-order chi connectivity index (χ1) is 15.3. The van der Waals surface area contributed by atoms with E-state index in [0.29, 0.717) is 35.3 Å². The molecule has 0 spiro atoms. The molecular weight excluding hydrogens is 408 g/mol. The molecule has 0 radical (unpaired) electrons. The van der Waals surface area contributed by atoms with Gasteiger partial charge in [0.2, 0.25) is 0 Å². The summed E-state index contributed by atoms with van der Waals surface area (Å²) in [5.74, 6) is 1.28. The van der Waals surface area contributed by atoms with Crippen molar-refractivity contribution in [3.8, 4) is 16.7 Å². The van der Waals surface area contributed by atoms with Crippen molar-refractivity contribution >= 4 is 27.5 Å². The highest BCUT2D eigenvalue weighted by molar-refractivity contribution is 7.20. The first-order valence-electron chi connectivity index (χ1n) is 10.4. The van der Waals surface area contributed by atoms with Crippen LogP contribution in [-0.4, -0.2) is 35.0 Å². The molecule has 156 valence electrons. The maximum Gasteiger partial charge on any atom is 0.274 e. The van der Waals surface area contributed by atoms with Crippen molar-refractivity contribution in [2.45, 2.75) is 18.9 Å². The molecule has 5 nitrogen and oxygen atoms in total. The van der Waals surface area contributed by atoms with Crippen molar-refractivity contribution in [1.29, 1.82) is 0 Å². The number of nitrogens with zero attached hydrogens (tertiary/aromatic N) is 2. The van der Waals surface area contributed by atoms with Gasteiger partial charge in [0, 0.05) is 25.9 Å². The van der Waals surface area contributed by atoms with Crippen molar-refractivity contribution in [3.05, 3.63) is 84.4 Å². The number of ether oxygens (including phenoxy) is 2. The third-order valence-electron chi connectivity index (χ3n) is 5.36. The van der Waals surface area contributed by atoms with E-state index in [4.69, 9.17) is 9.47 Å². The summed E-state index contributed by atoms with van der Waals surface area (Å²) < 4.78 is 13.2. The van der Waals surface area contributed by atoms with Crippen LogP contribution in [0.4, 0.5) is 0 Å². The van der Waals surface area contributed by atoms with Crippen molar-refractivity contribution in [1.82, 2.24) is 9.88 Å². The maximum atomic E-state index is 13.2. The fourth-order valence-corrected chi connectivity index (χ4v) is 4.62. The zero-order chi connectivity index (χ0) is 21.0. The van der Waals surface area contributed by atoms with Gasteiger partial charge in [-0.3, -0.25) is 4.79 Å². The molecule has 1 aliphatic rings. The largest absolute Gasteiger partial charge is 0.467 e. The molecule has 0 N–H and O–H groups in total. The number of carbonyl (C=O) groups is 1. The van der Waals surface area contributed by atoms with E-state index >= 15 is 0 Å². The number of aromatic nitrogens is 1. The molecule has 1 amide bonds. The van der Waals surface area contributed by atoms with Gasteiger partial charge in [0.1, 0.15) is 17.6 Å². The highest BCUT2D eigenvalue weighted by Crippen LogP contribution is 2.31. The van der Waals surface area contributed by atoms with Crippen LogP contribution in [0.3, 0.4) is 0 Å². The Morgan fingerprint density at radius 3 is 2.42 bits per heavy atom. The first kappa shape index (κ1) is 19.6. The number of hydrogen-bond donors (Lipinski definition) is 0. The Hall–Kier alpha value is -3.38. The smallest absolute Gasteiger partial charge is 0.274 e. The minimum absolute atomic E-state index is 0.00929. The van der Waals surface area contributed by atoms with Crippen LogP contribution in [0, 0.1) is 0 Å². The van der Waals surface area contributed by atoms with Crippen LogP contribution in [0.2, 0.25) is 0 Å². The Bertz CT molecular complexity index is 1150. The lowest BCUT2D eigenvalue weighted by atomic mass is 10.1. The molecule has 5 rings (SSSR count). The highest BCUT2D eigenvalue weighted by Gasteiger charge is 2.27. The lowest BCUT2D eigenvalue weighted by Gasteiger charge is -2.32. The molecule has 0 bridgehead atoms. The average Bonchev–Trinajstić information content (AvgIpc) is 3.22. The number of fused-ring (bicyclic) bond motifs is 1. The Morgan fingerprint density at radius 2 is 1.61 bits per heavy atom. The summed E-state index contributed by atoms with van der Waals surface area (Å²) in [5, 5.41) is 0.701. The predicted molar refractivity (Wildman–Crippen MR) is 122 cm³/mol. The van der Waals surface area contributed by atoms with Crippen LogP contribution >= 0.6 is 11.3 Å². The molecule has 0 atom stereocenters. The highest BCUT2D eigenvalue weighted by atomic mass is 32.1. The monoisotopic (exact) mass is 430 g/mol. The van der Waals surface area contributed by atoms with Crippen molar-refractivity contribution in [3.63, 3.8) is 0 Å². The fourth-order valence-electron chi connectivity index (χ4n) is 3.74. The van der Waals surface area contributed by atoms with Gasteiger partial charge in [-0.2, -0.15) is 0 Å². The summed E-state index contributed by atoms with van der Waals surface area (Å²) in [6, 6.07) is 25.0. The first-order valence-corrected chi connectivity index (χ1v) is 11.2. The molecule has 2 heterocycles. The Balaban J connectivity index is 1.23. The summed E-state index contributed by atoms with van der Waals surface area (Å²) in [7, 11) is 0. The standard InChI is InChI=1S/C25H22N2O3S/c28-24(20-10-4-6-12-22(20)29-18-8-2-1-3-9-18)27-16-14-19(15-17-27)30-25-26-21-11-5-7-13-23(21)31-25/h1-13,19H,14-17H2. The number of hydrogen-bond acceptors (Lipinski definition) is 5. The molecule has 1 aliphatic heterocycles. The number of para-hydroxylation sites is 3. The van der Waals surface area contributed by atoms with Gasteiger partial charge in [-0.05, 0) is 36.4 Å². The molecule has 0 saturated carbocycles. The lowest BCUT2D eigenvalue weighted by Crippen LogP contribution is -2.41. The summed E-state index contributed by atoms with van der Waals surface area (Å²) in [6.45, 7) is 1.29. The minimum Gasteiger partial charge on any atom is -0.467 e. The van der Waals surface area contributed by atoms with Gasteiger partial charge in [-0.25, -0.2) is 4.98 Å². The second-order valence-corrected chi connectivity index (χ2v) is 8.46. The minimum atomic E-state index is -0.00929. The van der Waals surface area contributed by atoms with E-state index in [1.807, 2.05) is 77.7 Å². The molecular formula is C25H22N2O3S. The Kier molecular flexibility index (Phi) is 5.54. The van der Waals surface area contributed by atoms with Crippen LogP contribution in [0.15, 0.2) is 78.9 Å². The van der Waals surface area contributed by atoms with Gasteiger partial charge in [0.05, 0.1) is 15.8 Å². The van der Waals surface area contributed by atoms with Crippen LogP contribution < -0.4 is 9.47 Å². The molecule has 1 aromatic heterocycles. The van der Waals surface area contributed by atoms with E-state index in [9.17, 15) is 4.79 Å². The van der Waals surface area contributed by atoms with E-state index in [1.54, 1.807) is 11.3 Å². The Morgan fingerprint density at radius 1 is 0.903 bits per heavy atom. The van der Waals surface area contributed by atoms with Gasteiger partial charge < -0.3 is 14.4 Å². The van der Waals surface area contributed by atoms with Crippen LogP contribution in [0.1, 0.15) is 23.2 Å². The van der Waals surface area contributed by atoms with Gasteiger partial charge in [0.25, 0.3) is 11.1 Å². The second-order valence-electron chi connectivity index (χ2n) is 7.47. The molecule has 1 saturated heterocycles. The number of amides is 1. The molecule has 31 heavy (non-hydrogen) atoms. The number of benzene rings is 3. The van der Waals surface area contributed by atoms with Gasteiger partial charge in [0.15, 0.2) is 0 Å². The summed E-state index contributed by atoms with van der Waals surface area (Å²) in [5.41, 5.74) is 1.54. The number of carbonyl (C=O) groups excluding carboxylic acids is 1.